The van der Waals surface area contributed by atoms with E-state index < -0.39 is 0 Å². The highest BCUT2D eigenvalue weighted by Crippen LogP contribution is 2.54. The molecule has 5 rings (SSSR count). The van der Waals surface area contributed by atoms with Crippen LogP contribution >= 0.6 is 11.6 Å². The molecule has 5 heteroatoms. The zero-order valence-corrected chi connectivity index (χ0v) is 9.31. The van der Waals surface area contributed by atoms with Gasteiger partial charge < -0.3 is 4.74 Å². The van der Waals surface area contributed by atoms with Crippen LogP contribution in [0.25, 0.3) is 5.65 Å². The lowest BCUT2D eigenvalue weighted by Crippen LogP contribution is -2.33. The zero-order chi connectivity index (χ0) is 10.8. The molecule has 0 radical (unpaired) electrons. The summed E-state index contributed by atoms with van der Waals surface area (Å²) in [5, 5.41) is 4.39. The molecular formula is C11H10ClN3O. The number of hydrogen-bond acceptors (Lipinski definition) is 3. The molecule has 0 N–H and O–H groups in total. The first-order valence-corrected chi connectivity index (χ1v) is 5.79. The first-order valence-electron chi connectivity index (χ1n) is 5.42. The summed E-state index contributed by atoms with van der Waals surface area (Å²) in [7, 11) is 0. The molecule has 0 spiro atoms. The minimum atomic E-state index is -0.0444. The quantitative estimate of drug-likeness (QED) is 0.759. The highest BCUT2D eigenvalue weighted by Gasteiger charge is 2.53. The average Bonchev–Trinajstić information content (AvgIpc) is 2.84. The maximum Gasteiger partial charge on any atom is 0.243 e. The van der Waals surface area contributed by atoms with E-state index in [9.17, 15) is 0 Å². The Hall–Kier alpha value is -1.13. The van der Waals surface area contributed by atoms with Gasteiger partial charge in [0.25, 0.3) is 0 Å². The Balaban J connectivity index is 1.86. The number of aromatic nitrogens is 3. The van der Waals surface area contributed by atoms with Crippen molar-refractivity contribution in [3.8, 4) is 0 Å². The molecule has 1 saturated carbocycles. The van der Waals surface area contributed by atoms with E-state index in [1.807, 2.05) is 12.3 Å². The normalized spacial score (nSPS) is 31.9. The smallest absolute Gasteiger partial charge is 0.243 e. The Bertz CT molecular complexity index is 568. The molecule has 0 atom stereocenters. The van der Waals surface area contributed by atoms with E-state index in [-0.39, 0.29) is 10.9 Å². The monoisotopic (exact) mass is 235 g/mol. The maximum atomic E-state index is 5.86. The van der Waals surface area contributed by atoms with Crippen LogP contribution in [0.4, 0.5) is 0 Å². The van der Waals surface area contributed by atoms with Crippen LogP contribution in [-0.2, 0) is 10.3 Å². The average molecular weight is 236 g/mol. The first kappa shape index (κ1) is 8.96. The molecule has 1 aliphatic carbocycles. The molecular weight excluding hydrogens is 226 g/mol. The predicted octanol–water partition coefficient (Wildman–Crippen LogP) is 2.02. The second-order valence-electron chi connectivity index (χ2n) is 4.68. The third-order valence-electron chi connectivity index (χ3n) is 3.66. The first-order chi connectivity index (χ1) is 7.75. The number of fused-ring (bicyclic) bond motifs is 2. The van der Waals surface area contributed by atoms with E-state index >= 15 is 0 Å². The molecule has 0 unspecified atom stereocenters. The molecule has 2 bridgehead atoms. The van der Waals surface area contributed by atoms with Gasteiger partial charge >= 0.3 is 0 Å². The van der Waals surface area contributed by atoms with Gasteiger partial charge in [-0.2, -0.15) is 4.98 Å². The van der Waals surface area contributed by atoms with Gasteiger partial charge in [-0.25, -0.2) is 4.52 Å². The summed E-state index contributed by atoms with van der Waals surface area (Å²) in [6, 6.07) is 4.01. The van der Waals surface area contributed by atoms with Crippen molar-refractivity contribution in [1.82, 2.24) is 14.6 Å². The number of hydrogen-bond donors (Lipinski definition) is 0. The van der Waals surface area contributed by atoms with Crippen molar-refractivity contribution in [2.24, 2.45) is 5.92 Å². The number of halogens is 1. The molecule has 0 amide bonds. The molecule has 0 aromatic carbocycles. The van der Waals surface area contributed by atoms with Gasteiger partial charge in [-0.3, -0.25) is 0 Å². The number of ether oxygens (including phenoxy) is 1. The maximum absolute atomic E-state index is 5.86. The van der Waals surface area contributed by atoms with Gasteiger partial charge in [0.15, 0.2) is 5.65 Å². The molecule has 4 heterocycles. The van der Waals surface area contributed by atoms with Gasteiger partial charge in [-0.15, -0.1) is 5.10 Å². The topological polar surface area (TPSA) is 39.4 Å². The van der Waals surface area contributed by atoms with Crippen LogP contribution in [-0.4, -0.2) is 21.2 Å². The van der Waals surface area contributed by atoms with Crippen LogP contribution < -0.4 is 0 Å². The van der Waals surface area contributed by atoms with Crippen molar-refractivity contribution < 1.29 is 4.74 Å². The molecule has 82 valence electrons. The van der Waals surface area contributed by atoms with E-state index in [4.69, 9.17) is 16.3 Å². The highest BCUT2D eigenvalue weighted by atomic mass is 35.5. The molecule has 2 aromatic heterocycles. The molecule has 16 heavy (non-hydrogen) atoms. The van der Waals surface area contributed by atoms with Gasteiger partial charge in [-0.05, 0) is 36.4 Å². The Morgan fingerprint density at radius 3 is 3.06 bits per heavy atom. The van der Waals surface area contributed by atoms with E-state index in [1.54, 1.807) is 4.52 Å². The number of rotatable bonds is 1. The van der Waals surface area contributed by atoms with Gasteiger partial charge in [-0.1, -0.05) is 6.07 Å². The minimum Gasteiger partial charge on any atom is -0.370 e. The fourth-order valence-electron chi connectivity index (χ4n) is 2.83. The summed E-state index contributed by atoms with van der Waals surface area (Å²) < 4.78 is 7.59. The number of pyridine rings is 1. The van der Waals surface area contributed by atoms with E-state index in [0.717, 1.165) is 31.0 Å². The van der Waals surface area contributed by atoms with Gasteiger partial charge in [0.2, 0.25) is 5.28 Å². The van der Waals surface area contributed by atoms with Crippen molar-refractivity contribution in [2.75, 3.05) is 6.61 Å². The molecule has 2 saturated heterocycles. The summed E-state index contributed by atoms with van der Waals surface area (Å²) in [4.78, 5) is 4.09. The van der Waals surface area contributed by atoms with Gasteiger partial charge in [0.1, 0.15) is 0 Å². The van der Waals surface area contributed by atoms with Crippen molar-refractivity contribution in [1.29, 1.82) is 0 Å². The second-order valence-corrected chi connectivity index (χ2v) is 5.02. The Labute approximate surface area is 97.2 Å². The molecule has 2 aromatic rings. The third-order valence-corrected chi connectivity index (χ3v) is 3.82. The minimum absolute atomic E-state index is 0.0444. The predicted molar refractivity (Wildman–Crippen MR) is 58.4 cm³/mol. The van der Waals surface area contributed by atoms with Crippen LogP contribution in [0, 0.1) is 5.92 Å². The second kappa shape index (κ2) is 2.76. The molecule has 3 fully saturated rings. The number of nitrogens with zero attached hydrogens (tertiary/aromatic N) is 3. The van der Waals surface area contributed by atoms with Crippen LogP contribution in [0.1, 0.15) is 18.4 Å². The van der Waals surface area contributed by atoms with Crippen molar-refractivity contribution in [3.05, 3.63) is 29.2 Å². The van der Waals surface area contributed by atoms with E-state index in [1.165, 1.54) is 5.56 Å². The van der Waals surface area contributed by atoms with Gasteiger partial charge in [0, 0.05) is 11.8 Å². The lowest BCUT2D eigenvalue weighted by Gasteiger charge is -2.36. The Kier molecular flexibility index (Phi) is 1.54. The highest BCUT2D eigenvalue weighted by molar-refractivity contribution is 6.28. The summed E-state index contributed by atoms with van der Waals surface area (Å²) in [5.41, 5.74) is 1.92. The van der Waals surface area contributed by atoms with Crippen molar-refractivity contribution in [2.45, 2.75) is 18.4 Å². The largest absolute Gasteiger partial charge is 0.370 e. The Morgan fingerprint density at radius 2 is 2.31 bits per heavy atom. The van der Waals surface area contributed by atoms with Crippen LogP contribution in [0.15, 0.2) is 18.3 Å². The van der Waals surface area contributed by atoms with Gasteiger partial charge in [0.05, 0.1) is 12.2 Å². The van der Waals surface area contributed by atoms with E-state index in [2.05, 4.69) is 16.1 Å². The van der Waals surface area contributed by atoms with Crippen LogP contribution in [0.3, 0.4) is 0 Å². The van der Waals surface area contributed by atoms with E-state index in [0.29, 0.717) is 0 Å². The molecule has 2 aliphatic heterocycles. The summed E-state index contributed by atoms with van der Waals surface area (Å²) in [6.45, 7) is 0.899. The Morgan fingerprint density at radius 1 is 1.44 bits per heavy atom. The molecule has 4 nitrogen and oxygen atoms in total. The van der Waals surface area contributed by atoms with Crippen LogP contribution in [0.2, 0.25) is 5.28 Å². The van der Waals surface area contributed by atoms with Crippen LogP contribution in [0.5, 0.6) is 0 Å². The summed E-state index contributed by atoms with van der Waals surface area (Å²) >= 11 is 5.77. The third kappa shape index (κ3) is 1.03. The molecule has 3 aliphatic rings. The lowest BCUT2D eigenvalue weighted by molar-refractivity contribution is -0.00325. The fraction of sp³-hybridized carbons (Fsp3) is 0.455. The lowest BCUT2D eigenvalue weighted by atomic mass is 9.71. The fourth-order valence-corrected chi connectivity index (χ4v) is 3.00. The zero-order valence-electron chi connectivity index (χ0n) is 8.56. The summed E-state index contributed by atoms with van der Waals surface area (Å²) in [6.07, 6.45) is 4.26. The summed E-state index contributed by atoms with van der Waals surface area (Å²) in [5.74, 6) is 0.759. The standard InChI is InChI=1S/C11H10ClN3O/c12-10-13-9-2-1-8(5-15(9)14-10)11-3-7(4-11)6-16-11/h1-2,5,7H,3-4,6H2. The SMILES string of the molecule is Clc1nc2ccc(C34CC(CO3)C4)cn2n1. The van der Waals surface area contributed by atoms with Crippen molar-refractivity contribution >= 4 is 17.2 Å². The van der Waals surface area contributed by atoms with Crippen molar-refractivity contribution in [3.63, 3.8) is 0 Å².